The van der Waals surface area contributed by atoms with Crippen LogP contribution in [0.25, 0.3) is 0 Å². The van der Waals surface area contributed by atoms with Crippen molar-refractivity contribution in [2.45, 2.75) is 12.8 Å². The van der Waals surface area contributed by atoms with Gasteiger partial charge in [0.05, 0.1) is 0 Å². The quantitative estimate of drug-likeness (QED) is 0.298. The van der Waals surface area contributed by atoms with E-state index >= 15 is 0 Å². The summed E-state index contributed by atoms with van der Waals surface area (Å²) in [6, 6.07) is 8.53. The van der Waals surface area contributed by atoms with Crippen molar-refractivity contribution in [1.82, 2.24) is 5.43 Å². The minimum Gasteiger partial charge on any atom is -0.312 e. The summed E-state index contributed by atoms with van der Waals surface area (Å²) in [5, 5.41) is 0. The maximum absolute atomic E-state index is 5.42. The second-order valence-corrected chi connectivity index (χ2v) is 3.63. The number of aliphatic imine (C=N–C) groups is 1. The van der Waals surface area contributed by atoms with E-state index in [1.807, 2.05) is 0 Å². The highest BCUT2D eigenvalue weighted by Gasteiger charge is 2.24. The van der Waals surface area contributed by atoms with E-state index in [-0.39, 0.29) is 0 Å². The Balaban J connectivity index is 2.19. The Labute approximate surface area is 84.0 Å². The Hall–Kier alpha value is -1.35. The third-order valence-electron chi connectivity index (χ3n) is 2.83. The molecule has 0 atom stereocenters. The van der Waals surface area contributed by atoms with Crippen LogP contribution in [0, 0.1) is 5.92 Å². The van der Waals surface area contributed by atoms with Gasteiger partial charge in [-0.1, -0.05) is 24.3 Å². The Bertz CT molecular complexity index is 332. The number of nitrogens with two attached hydrogens (primary N) is 1. The molecular formula is C11H15N3. The minimum atomic E-state index is 0.433. The maximum Gasteiger partial charge on any atom is 0.114 e. The van der Waals surface area contributed by atoms with Crippen LogP contribution in [0.4, 0.5) is 0 Å². The van der Waals surface area contributed by atoms with Crippen molar-refractivity contribution in [3.05, 3.63) is 35.4 Å². The standard InChI is InChI=1S/C11H15N3/c1-13-11(14-12)10-6-8-4-2-3-5-9(8)7-10/h2-5,10H,6-7,12H2,1H3,(H,13,14). The van der Waals surface area contributed by atoms with Crippen LogP contribution in [0.3, 0.4) is 0 Å². The molecule has 0 amide bonds. The zero-order valence-electron chi connectivity index (χ0n) is 8.33. The molecule has 0 saturated carbocycles. The van der Waals surface area contributed by atoms with Crippen molar-refractivity contribution in [1.29, 1.82) is 0 Å². The first-order valence-corrected chi connectivity index (χ1v) is 4.85. The zero-order chi connectivity index (χ0) is 9.97. The first kappa shape index (κ1) is 9.21. The summed E-state index contributed by atoms with van der Waals surface area (Å²) in [6.45, 7) is 0. The van der Waals surface area contributed by atoms with E-state index in [9.17, 15) is 0 Å². The van der Waals surface area contributed by atoms with Gasteiger partial charge in [0.25, 0.3) is 0 Å². The fourth-order valence-electron chi connectivity index (χ4n) is 2.12. The number of rotatable bonds is 1. The molecule has 1 aromatic carbocycles. The predicted molar refractivity (Wildman–Crippen MR) is 58.0 cm³/mol. The molecule has 0 radical (unpaired) electrons. The normalized spacial score (nSPS) is 16.9. The van der Waals surface area contributed by atoms with Crippen LogP contribution in [-0.2, 0) is 12.8 Å². The van der Waals surface area contributed by atoms with Gasteiger partial charge in [0.15, 0.2) is 0 Å². The Morgan fingerprint density at radius 1 is 1.36 bits per heavy atom. The molecule has 0 saturated heterocycles. The fraction of sp³-hybridized carbons (Fsp3) is 0.364. The van der Waals surface area contributed by atoms with Gasteiger partial charge in [-0.05, 0) is 24.0 Å². The van der Waals surface area contributed by atoms with Crippen molar-refractivity contribution in [3.8, 4) is 0 Å². The lowest BCUT2D eigenvalue weighted by atomic mass is 10.1. The second-order valence-electron chi connectivity index (χ2n) is 3.63. The number of amidine groups is 1. The second kappa shape index (κ2) is 3.80. The fourth-order valence-corrected chi connectivity index (χ4v) is 2.12. The van der Waals surface area contributed by atoms with Gasteiger partial charge >= 0.3 is 0 Å². The molecule has 0 unspecified atom stereocenters. The number of hydrazine groups is 1. The van der Waals surface area contributed by atoms with Crippen LogP contribution in [0.5, 0.6) is 0 Å². The summed E-state index contributed by atoms with van der Waals surface area (Å²) in [6.07, 6.45) is 2.10. The SMILES string of the molecule is CN=C(NN)C1Cc2ccccc2C1. The lowest BCUT2D eigenvalue weighted by Crippen LogP contribution is -2.36. The van der Waals surface area contributed by atoms with E-state index in [1.165, 1.54) is 11.1 Å². The molecule has 14 heavy (non-hydrogen) atoms. The van der Waals surface area contributed by atoms with Gasteiger partial charge in [-0.2, -0.15) is 0 Å². The van der Waals surface area contributed by atoms with E-state index in [0.29, 0.717) is 5.92 Å². The van der Waals surface area contributed by atoms with E-state index in [1.54, 1.807) is 7.05 Å². The van der Waals surface area contributed by atoms with Crippen molar-refractivity contribution >= 4 is 5.84 Å². The summed E-state index contributed by atoms with van der Waals surface area (Å²) >= 11 is 0. The highest BCUT2D eigenvalue weighted by molar-refractivity contribution is 5.85. The van der Waals surface area contributed by atoms with Crippen molar-refractivity contribution in [3.63, 3.8) is 0 Å². The van der Waals surface area contributed by atoms with Gasteiger partial charge in [-0.15, -0.1) is 0 Å². The highest BCUT2D eigenvalue weighted by atomic mass is 15.2. The van der Waals surface area contributed by atoms with Crippen molar-refractivity contribution in [2.24, 2.45) is 16.8 Å². The Kier molecular flexibility index (Phi) is 2.50. The van der Waals surface area contributed by atoms with Gasteiger partial charge in [0.2, 0.25) is 0 Å². The van der Waals surface area contributed by atoms with E-state index in [4.69, 9.17) is 5.84 Å². The highest BCUT2D eigenvalue weighted by Crippen LogP contribution is 2.26. The number of hydrogen-bond donors (Lipinski definition) is 2. The maximum atomic E-state index is 5.42. The molecule has 2 rings (SSSR count). The Morgan fingerprint density at radius 2 is 1.93 bits per heavy atom. The van der Waals surface area contributed by atoms with Crippen molar-refractivity contribution < 1.29 is 0 Å². The predicted octanol–water partition coefficient (Wildman–Crippen LogP) is 0.893. The number of benzene rings is 1. The molecule has 3 N–H and O–H groups in total. The first-order chi connectivity index (χ1) is 6.85. The molecule has 74 valence electrons. The number of hydrogen-bond acceptors (Lipinski definition) is 2. The molecule has 1 aliphatic rings. The van der Waals surface area contributed by atoms with Crippen molar-refractivity contribution in [2.75, 3.05) is 7.05 Å². The molecule has 0 spiro atoms. The molecule has 0 aromatic heterocycles. The lowest BCUT2D eigenvalue weighted by molar-refractivity contribution is 0.709. The third-order valence-corrected chi connectivity index (χ3v) is 2.83. The largest absolute Gasteiger partial charge is 0.312 e. The molecule has 3 nitrogen and oxygen atoms in total. The van der Waals surface area contributed by atoms with E-state index in [2.05, 4.69) is 34.7 Å². The van der Waals surface area contributed by atoms with Crippen LogP contribution in [0.2, 0.25) is 0 Å². The number of nitrogens with zero attached hydrogens (tertiary/aromatic N) is 1. The van der Waals surface area contributed by atoms with Crippen LogP contribution in [0.15, 0.2) is 29.3 Å². The molecule has 0 fully saturated rings. The van der Waals surface area contributed by atoms with Crippen LogP contribution in [0.1, 0.15) is 11.1 Å². The van der Waals surface area contributed by atoms with E-state index < -0.39 is 0 Å². The van der Waals surface area contributed by atoms with Gasteiger partial charge in [0, 0.05) is 13.0 Å². The summed E-state index contributed by atoms with van der Waals surface area (Å²) in [5.41, 5.74) is 5.53. The lowest BCUT2D eigenvalue weighted by Gasteiger charge is -2.10. The summed E-state index contributed by atoms with van der Waals surface area (Å²) in [5.74, 6) is 6.75. The first-order valence-electron chi connectivity index (χ1n) is 4.85. The molecule has 0 heterocycles. The van der Waals surface area contributed by atoms with Gasteiger partial charge in [0.1, 0.15) is 5.84 Å². The topological polar surface area (TPSA) is 50.4 Å². The summed E-state index contributed by atoms with van der Waals surface area (Å²) < 4.78 is 0. The number of fused-ring (bicyclic) bond motifs is 1. The van der Waals surface area contributed by atoms with Crippen LogP contribution >= 0.6 is 0 Å². The minimum absolute atomic E-state index is 0.433. The van der Waals surface area contributed by atoms with E-state index in [0.717, 1.165) is 18.7 Å². The van der Waals surface area contributed by atoms with Gasteiger partial charge in [-0.25, -0.2) is 5.84 Å². The molecule has 1 aromatic rings. The summed E-state index contributed by atoms with van der Waals surface area (Å²) in [4.78, 5) is 4.15. The van der Waals surface area contributed by atoms with Crippen LogP contribution < -0.4 is 11.3 Å². The molecule has 0 aliphatic heterocycles. The zero-order valence-corrected chi connectivity index (χ0v) is 8.33. The molecule has 1 aliphatic carbocycles. The van der Waals surface area contributed by atoms with Gasteiger partial charge in [-0.3, -0.25) is 4.99 Å². The molecule has 0 bridgehead atoms. The smallest absolute Gasteiger partial charge is 0.114 e. The molecule has 3 heteroatoms. The molecular weight excluding hydrogens is 174 g/mol. The average molecular weight is 189 g/mol. The summed E-state index contributed by atoms with van der Waals surface area (Å²) in [7, 11) is 1.78. The monoisotopic (exact) mass is 189 g/mol. The third kappa shape index (κ3) is 1.51. The number of nitrogens with one attached hydrogen (secondary N) is 1. The average Bonchev–Trinajstić information content (AvgIpc) is 2.63. The van der Waals surface area contributed by atoms with Gasteiger partial charge < -0.3 is 5.43 Å². The Morgan fingerprint density at radius 3 is 2.36 bits per heavy atom. The van der Waals surface area contributed by atoms with Crippen LogP contribution in [-0.4, -0.2) is 12.9 Å².